The summed E-state index contributed by atoms with van der Waals surface area (Å²) in [5, 5.41) is 9.45. The lowest BCUT2D eigenvalue weighted by Crippen LogP contribution is -2.15. The number of halogens is 2. The van der Waals surface area contributed by atoms with Crippen molar-refractivity contribution in [2.24, 2.45) is 0 Å². The quantitative estimate of drug-likeness (QED) is 0.449. The van der Waals surface area contributed by atoms with E-state index in [0.717, 1.165) is 17.7 Å². The summed E-state index contributed by atoms with van der Waals surface area (Å²) < 4.78 is 38.8. The molecule has 2 aromatic carbocycles. The van der Waals surface area contributed by atoms with E-state index in [9.17, 15) is 13.6 Å². The van der Waals surface area contributed by atoms with Gasteiger partial charge in [-0.25, -0.2) is 13.8 Å². The van der Waals surface area contributed by atoms with Crippen LogP contribution in [-0.2, 0) is 0 Å². The molecule has 4 rings (SSSR count). The third kappa shape index (κ3) is 4.17. The van der Waals surface area contributed by atoms with Crippen molar-refractivity contribution in [1.82, 2.24) is 14.8 Å². The van der Waals surface area contributed by atoms with Crippen LogP contribution >= 0.6 is 11.3 Å². The number of aryl methyl sites for hydroxylation is 1. The number of thiazole rings is 1. The van der Waals surface area contributed by atoms with Crippen LogP contribution in [0, 0.1) is 18.6 Å². The molecule has 4 aromatic rings. The number of rotatable bonds is 6. The van der Waals surface area contributed by atoms with Gasteiger partial charge in [0.25, 0.3) is 5.91 Å². The maximum Gasteiger partial charge on any atom is 0.256 e. The highest BCUT2D eigenvalue weighted by Crippen LogP contribution is 2.33. The minimum absolute atomic E-state index is 0.0144. The molecule has 0 spiro atoms. The lowest BCUT2D eigenvalue weighted by atomic mass is 10.1. The molecule has 0 radical (unpaired) electrons. The maximum absolute atomic E-state index is 13.5. The highest BCUT2D eigenvalue weighted by Gasteiger charge is 2.17. The first kappa shape index (κ1) is 21.4. The van der Waals surface area contributed by atoms with E-state index in [1.165, 1.54) is 22.1 Å². The SMILES string of the molecule is COc1ccc(-c2csc(-n3nc(C)cc3NC(=O)c3ccc(F)c(F)c3)n2)cc1OC. The second-order valence-corrected chi connectivity index (χ2v) is 7.59. The Hall–Kier alpha value is -3.79. The number of anilines is 1. The maximum atomic E-state index is 13.5. The van der Waals surface area contributed by atoms with E-state index >= 15 is 0 Å². The second kappa shape index (κ2) is 8.75. The average Bonchev–Trinajstić information content (AvgIpc) is 3.41. The van der Waals surface area contributed by atoms with Gasteiger partial charge in [-0.3, -0.25) is 4.79 Å². The fraction of sp³-hybridized carbons (Fsp3) is 0.136. The molecule has 164 valence electrons. The van der Waals surface area contributed by atoms with Crippen molar-refractivity contribution < 1.29 is 23.0 Å². The lowest BCUT2D eigenvalue weighted by Gasteiger charge is -2.08. The van der Waals surface area contributed by atoms with Crippen LogP contribution in [0.2, 0.25) is 0 Å². The molecule has 0 atom stereocenters. The van der Waals surface area contributed by atoms with Gasteiger partial charge >= 0.3 is 0 Å². The number of nitrogens with one attached hydrogen (secondary N) is 1. The number of carbonyl (C=O) groups is 1. The molecular formula is C22H18F2N4O3S. The highest BCUT2D eigenvalue weighted by molar-refractivity contribution is 7.12. The molecule has 0 saturated heterocycles. The Bertz CT molecular complexity index is 1300. The topological polar surface area (TPSA) is 78.3 Å². The van der Waals surface area contributed by atoms with E-state index in [4.69, 9.17) is 9.47 Å². The summed E-state index contributed by atoms with van der Waals surface area (Å²) in [5.41, 5.74) is 2.14. The zero-order chi connectivity index (χ0) is 22.8. The third-order valence-electron chi connectivity index (χ3n) is 4.61. The van der Waals surface area contributed by atoms with Crippen LogP contribution < -0.4 is 14.8 Å². The van der Waals surface area contributed by atoms with Gasteiger partial charge < -0.3 is 14.8 Å². The standard InChI is InChI=1S/C22H18F2N4O3S/c1-12-8-20(26-21(29)14-4-6-15(23)16(24)9-14)28(27-12)22-25-17(11-32-22)13-5-7-18(30-2)19(10-13)31-3/h4-11H,1-3H3,(H,26,29). The van der Waals surface area contributed by atoms with Crippen molar-refractivity contribution >= 4 is 23.1 Å². The van der Waals surface area contributed by atoms with Crippen LogP contribution in [0.15, 0.2) is 47.8 Å². The molecule has 0 aliphatic heterocycles. The van der Waals surface area contributed by atoms with E-state index in [2.05, 4.69) is 15.4 Å². The predicted octanol–water partition coefficient (Wildman–Crippen LogP) is 4.85. The molecular weight excluding hydrogens is 438 g/mol. The predicted molar refractivity (Wildman–Crippen MR) is 117 cm³/mol. The number of aromatic nitrogens is 3. The Labute approximate surface area is 186 Å². The molecule has 0 unspecified atom stereocenters. The van der Waals surface area contributed by atoms with Crippen molar-refractivity contribution in [2.75, 3.05) is 19.5 Å². The van der Waals surface area contributed by atoms with E-state index < -0.39 is 17.5 Å². The number of hydrogen-bond acceptors (Lipinski definition) is 6. The zero-order valence-corrected chi connectivity index (χ0v) is 18.2. The smallest absolute Gasteiger partial charge is 0.256 e. The van der Waals surface area contributed by atoms with Gasteiger partial charge in [0.2, 0.25) is 5.13 Å². The summed E-state index contributed by atoms with van der Waals surface area (Å²) in [6, 6.07) is 10.1. The van der Waals surface area contributed by atoms with Crippen molar-refractivity contribution in [2.45, 2.75) is 6.92 Å². The first-order valence-electron chi connectivity index (χ1n) is 9.41. The van der Waals surface area contributed by atoms with Crippen LogP contribution in [0.25, 0.3) is 16.4 Å². The minimum atomic E-state index is -1.10. The van der Waals surface area contributed by atoms with Crippen molar-refractivity contribution in [1.29, 1.82) is 0 Å². The molecule has 0 fully saturated rings. The molecule has 0 bridgehead atoms. The number of hydrogen-bond donors (Lipinski definition) is 1. The largest absolute Gasteiger partial charge is 0.493 e. The Balaban J connectivity index is 1.63. The van der Waals surface area contributed by atoms with Gasteiger partial charge in [-0.1, -0.05) is 0 Å². The molecule has 1 N–H and O–H groups in total. The van der Waals surface area contributed by atoms with Gasteiger partial charge in [0, 0.05) is 22.6 Å². The van der Waals surface area contributed by atoms with Crippen LogP contribution in [-0.4, -0.2) is 34.9 Å². The van der Waals surface area contributed by atoms with Gasteiger partial charge in [0.15, 0.2) is 23.1 Å². The average molecular weight is 456 g/mol. The molecule has 2 aromatic heterocycles. The molecule has 0 aliphatic carbocycles. The van der Waals surface area contributed by atoms with E-state index in [0.29, 0.717) is 33.8 Å². The molecule has 10 heteroatoms. The summed E-state index contributed by atoms with van der Waals surface area (Å²) >= 11 is 1.33. The Kier molecular flexibility index (Phi) is 5.87. The Morgan fingerprint density at radius 1 is 1.03 bits per heavy atom. The number of methoxy groups -OCH3 is 2. The summed E-state index contributed by atoms with van der Waals surface area (Å²) in [5.74, 6) is -1.17. The van der Waals surface area contributed by atoms with Gasteiger partial charge in [-0.2, -0.15) is 9.78 Å². The lowest BCUT2D eigenvalue weighted by molar-refractivity contribution is 0.102. The number of ether oxygens (including phenoxy) is 2. The zero-order valence-electron chi connectivity index (χ0n) is 17.3. The molecule has 0 saturated carbocycles. The molecule has 32 heavy (non-hydrogen) atoms. The second-order valence-electron chi connectivity index (χ2n) is 6.75. The summed E-state index contributed by atoms with van der Waals surface area (Å²) in [6.45, 7) is 1.77. The van der Waals surface area contributed by atoms with Crippen molar-refractivity contribution in [3.05, 3.63) is 70.7 Å². The van der Waals surface area contributed by atoms with Gasteiger partial charge in [0.1, 0.15) is 5.82 Å². The van der Waals surface area contributed by atoms with Gasteiger partial charge in [-0.15, -0.1) is 11.3 Å². The first-order chi connectivity index (χ1) is 15.4. The monoisotopic (exact) mass is 456 g/mol. The summed E-state index contributed by atoms with van der Waals surface area (Å²) in [4.78, 5) is 17.2. The van der Waals surface area contributed by atoms with Crippen molar-refractivity contribution in [3.63, 3.8) is 0 Å². The normalized spacial score (nSPS) is 10.8. The fourth-order valence-corrected chi connectivity index (χ4v) is 3.85. The Morgan fingerprint density at radius 2 is 1.81 bits per heavy atom. The summed E-state index contributed by atoms with van der Waals surface area (Å²) in [7, 11) is 3.12. The van der Waals surface area contributed by atoms with Crippen LogP contribution in [0.3, 0.4) is 0 Å². The number of benzene rings is 2. The first-order valence-corrected chi connectivity index (χ1v) is 10.3. The van der Waals surface area contributed by atoms with Gasteiger partial charge in [0.05, 0.1) is 25.6 Å². The number of nitrogens with zero attached hydrogens (tertiary/aromatic N) is 3. The van der Waals surface area contributed by atoms with Crippen molar-refractivity contribution in [3.8, 4) is 27.9 Å². The highest BCUT2D eigenvalue weighted by atomic mass is 32.1. The molecule has 7 nitrogen and oxygen atoms in total. The van der Waals surface area contributed by atoms with Gasteiger partial charge in [-0.05, 0) is 43.3 Å². The number of amides is 1. The van der Waals surface area contributed by atoms with E-state index in [1.807, 2.05) is 17.5 Å². The molecule has 1 amide bonds. The molecule has 0 aliphatic rings. The summed E-state index contributed by atoms with van der Waals surface area (Å²) in [6.07, 6.45) is 0. The fourth-order valence-electron chi connectivity index (χ4n) is 3.05. The van der Waals surface area contributed by atoms with E-state index in [1.54, 1.807) is 33.3 Å². The minimum Gasteiger partial charge on any atom is -0.493 e. The van der Waals surface area contributed by atoms with Crippen LogP contribution in [0.5, 0.6) is 11.5 Å². The van der Waals surface area contributed by atoms with E-state index in [-0.39, 0.29) is 5.56 Å². The third-order valence-corrected chi connectivity index (χ3v) is 5.42. The van der Waals surface area contributed by atoms with Crippen LogP contribution in [0.1, 0.15) is 16.1 Å². The van der Waals surface area contributed by atoms with Crippen LogP contribution in [0.4, 0.5) is 14.6 Å². The number of carbonyl (C=O) groups excluding carboxylic acids is 1. The molecule has 2 heterocycles. The Morgan fingerprint density at radius 3 is 2.53 bits per heavy atom.